The molecule has 0 spiro atoms. The Morgan fingerprint density at radius 3 is 1.89 bits per heavy atom. The van der Waals surface area contributed by atoms with Gasteiger partial charge >= 0.3 is 0 Å². The Labute approximate surface area is 161 Å². The highest BCUT2D eigenvalue weighted by atomic mass is 16.7. The monoisotopic (exact) mass is 358 g/mol. The van der Waals surface area contributed by atoms with E-state index in [0.717, 1.165) is 12.2 Å². The first kappa shape index (κ1) is 17.8. The molecule has 2 atom stereocenters. The van der Waals surface area contributed by atoms with E-state index in [-0.39, 0.29) is 12.4 Å². The van der Waals surface area contributed by atoms with E-state index in [1.165, 1.54) is 27.8 Å². The van der Waals surface area contributed by atoms with E-state index in [1.54, 1.807) is 0 Å². The second-order valence-electron chi connectivity index (χ2n) is 7.25. The predicted molar refractivity (Wildman–Crippen MR) is 110 cm³/mol. The van der Waals surface area contributed by atoms with Crippen molar-refractivity contribution in [1.82, 2.24) is 0 Å². The number of hydrogen-bond acceptors (Lipinski definition) is 2. The first-order chi connectivity index (χ1) is 13.2. The van der Waals surface area contributed by atoms with Gasteiger partial charge in [-0.05, 0) is 59.2 Å². The lowest BCUT2D eigenvalue weighted by Gasteiger charge is -2.22. The molecule has 0 fully saturated rings. The summed E-state index contributed by atoms with van der Waals surface area (Å²) in [6, 6.07) is 25.3. The second kappa shape index (κ2) is 7.58. The molecule has 2 unspecified atom stereocenters. The summed E-state index contributed by atoms with van der Waals surface area (Å²) in [4.78, 5) is 0. The molecule has 0 amide bonds. The first-order valence-corrected chi connectivity index (χ1v) is 9.77. The zero-order valence-electron chi connectivity index (χ0n) is 16.2. The summed E-state index contributed by atoms with van der Waals surface area (Å²) in [7, 11) is 0. The van der Waals surface area contributed by atoms with Crippen LogP contribution in [0.5, 0.6) is 5.75 Å². The molecule has 0 heterocycles. The van der Waals surface area contributed by atoms with Crippen molar-refractivity contribution in [2.24, 2.45) is 0 Å². The molecule has 4 rings (SSSR count). The van der Waals surface area contributed by atoms with Crippen LogP contribution in [0.2, 0.25) is 0 Å². The van der Waals surface area contributed by atoms with Crippen LogP contribution in [-0.2, 0) is 4.74 Å². The van der Waals surface area contributed by atoms with Gasteiger partial charge in [-0.25, -0.2) is 0 Å². The van der Waals surface area contributed by atoms with E-state index < -0.39 is 0 Å². The molecule has 0 N–H and O–H groups in total. The molecule has 2 nitrogen and oxygen atoms in total. The Hall–Kier alpha value is -2.58. The van der Waals surface area contributed by atoms with Gasteiger partial charge in [0.25, 0.3) is 0 Å². The smallest absolute Gasteiger partial charge is 0.198 e. The van der Waals surface area contributed by atoms with Crippen LogP contribution in [-0.4, -0.2) is 6.29 Å². The summed E-state index contributed by atoms with van der Waals surface area (Å²) in [5, 5.41) is 0. The minimum atomic E-state index is -0.344. The van der Waals surface area contributed by atoms with Crippen molar-refractivity contribution in [2.75, 3.05) is 0 Å². The van der Waals surface area contributed by atoms with E-state index >= 15 is 0 Å². The highest BCUT2D eigenvalue weighted by molar-refractivity contribution is 5.78. The zero-order chi connectivity index (χ0) is 18.8. The molecular formula is C25H26O2. The highest BCUT2D eigenvalue weighted by Gasteiger charge is 2.30. The topological polar surface area (TPSA) is 18.5 Å². The molecule has 0 aromatic heterocycles. The molecule has 2 heteroatoms. The molecule has 1 aliphatic carbocycles. The lowest BCUT2D eigenvalue weighted by atomic mass is 9.99. The fraction of sp³-hybridized carbons (Fsp3) is 0.280. The average molecular weight is 358 g/mol. The fourth-order valence-corrected chi connectivity index (χ4v) is 3.78. The van der Waals surface area contributed by atoms with Crippen molar-refractivity contribution in [3.05, 3.63) is 89.5 Å². The molecule has 3 aromatic rings. The first-order valence-electron chi connectivity index (χ1n) is 9.77. The lowest BCUT2D eigenvalue weighted by molar-refractivity contribution is -0.0945. The molecule has 0 radical (unpaired) electrons. The molecule has 0 saturated heterocycles. The Morgan fingerprint density at radius 1 is 0.778 bits per heavy atom. The van der Waals surface area contributed by atoms with E-state index in [2.05, 4.69) is 74.5 Å². The van der Waals surface area contributed by atoms with E-state index in [0.29, 0.717) is 5.92 Å². The number of rotatable bonds is 6. The maximum atomic E-state index is 6.34. The molecule has 0 aliphatic heterocycles. The van der Waals surface area contributed by atoms with E-state index in [9.17, 15) is 0 Å². The maximum absolute atomic E-state index is 6.34. The molecule has 3 aromatic carbocycles. The molecular weight excluding hydrogens is 332 g/mol. The molecule has 27 heavy (non-hydrogen) atoms. The Morgan fingerprint density at radius 2 is 1.33 bits per heavy atom. The normalized spacial score (nSPS) is 15.1. The van der Waals surface area contributed by atoms with Gasteiger partial charge in [-0.3, -0.25) is 0 Å². The minimum absolute atomic E-state index is 0.0909. The van der Waals surface area contributed by atoms with Crippen molar-refractivity contribution in [3.8, 4) is 16.9 Å². The Bertz CT molecular complexity index is 868. The average Bonchev–Trinajstić information content (AvgIpc) is 3.02. The SMILES string of the molecule is CCC(C)c1ccc(OC(C)OC2c3ccccc3-c3ccccc32)cc1. The third kappa shape index (κ3) is 3.50. The van der Waals surface area contributed by atoms with Gasteiger partial charge in [-0.1, -0.05) is 74.5 Å². The second-order valence-corrected chi connectivity index (χ2v) is 7.25. The summed E-state index contributed by atoms with van der Waals surface area (Å²) in [5.41, 5.74) is 6.27. The molecule has 138 valence electrons. The van der Waals surface area contributed by atoms with Crippen molar-refractivity contribution in [3.63, 3.8) is 0 Å². The van der Waals surface area contributed by atoms with E-state index in [4.69, 9.17) is 9.47 Å². The van der Waals surface area contributed by atoms with Gasteiger partial charge in [0.2, 0.25) is 0 Å². The maximum Gasteiger partial charge on any atom is 0.198 e. The molecule has 0 saturated carbocycles. The molecule has 0 bridgehead atoms. The summed E-state index contributed by atoms with van der Waals surface area (Å²) >= 11 is 0. The van der Waals surface area contributed by atoms with Gasteiger partial charge in [0.05, 0.1) is 0 Å². The van der Waals surface area contributed by atoms with Crippen LogP contribution >= 0.6 is 0 Å². The van der Waals surface area contributed by atoms with E-state index in [1.807, 2.05) is 19.1 Å². The zero-order valence-corrected chi connectivity index (χ0v) is 16.2. The summed E-state index contributed by atoms with van der Waals surface area (Å²) in [6.45, 7) is 6.42. The van der Waals surface area contributed by atoms with Crippen molar-refractivity contribution >= 4 is 0 Å². The summed E-state index contributed by atoms with van der Waals surface area (Å²) in [5.74, 6) is 1.41. The largest absolute Gasteiger partial charge is 0.465 e. The third-order valence-electron chi connectivity index (χ3n) is 5.47. The fourth-order valence-electron chi connectivity index (χ4n) is 3.78. The highest BCUT2D eigenvalue weighted by Crippen LogP contribution is 2.45. The minimum Gasteiger partial charge on any atom is -0.465 e. The third-order valence-corrected chi connectivity index (χ3v) is 5.47. The Balaban J connectivity index is 1.51. The van der Waals surface area contributed by atoms with Gasteiger partial charge in [0.15, 0.2) is 6.29 Å². The van der Waals surface area contributed by atoms with Crippen molar-refractivity contribution in [1.29, 1.82) is 0 Å². The van der Waals surface area contributed by atoms with Crippen LogP contribution in [0.1, 0.15) is 55.9 Å². The van der Waals surface area contributed by atoms with Crippen LogP contribution in [0.3, 0.4) is 0 Å². The lowest BCUT2D eigenvalue weighted by Crippen LogP contribution is -2.19. The standard InChI is InChI=1S/C25H26O2/c1-4-17(2)19-13-15-20(16-14-19)26-18(3)27-25-23-11-7-5-9-21(23)22-10-6-8-12-24(22)25/h5-18,25H,4H2,1-3H3. The van der Waals surface area contributed by atoms with Crippen molar-refractivity contribution in [2.45, 2.75) is 45.5 Å². The van der Waals surface area contributed by atoms with Crippen LogP contribution in [0.4, 0.5) is 0 Å². The van der Waals surface area contributed by atoms with Crippen LogP contribution in [0, 0.1) is 0 Å². The van der Waals surface area contributed by atoms with Crippen molar-refractivity contribution < 1.29 is 9.47 Å². The molecule has 1 aliphatic rings. The predicted octanol–water partition coefficient (Wildman–Crippen LogP) is 6.71. The summed E-state index contributed by atoms with van der Waals surface area (Å²) < 4.78 is 12.4. The van der Waals surface area contributed by atoms with Crippen LogP contribution in [0.25, 0.3) is 11.1 Å². The van der Waals surface area contributed by atoms with Gasteiger partial charge in [0.1, 0.15) is 11.9 Å². The number of fused-ring (bicyclic) bond motifs is 3. The van der Waals surface area contributed by atoms with Crippen LogP contribution < -0.4 is 4.74 Å². The Kier molecular flexibility index (Phi) is 5.00. The van der Waals surface area contributed by atoms with Gasteiger partial charge < -0.3 is 9.47 Å². The van der Waals surface area contributed by atoms with Gasteiger partial charge in [-0.2, -0.15) is 0 Å². The van der Waals surface area contributed by atoms with Gasteiger partial charge in [-0.15, -0.1) is 0 Å². The quantitative estimate of drug-likeness (QED) is 0.456. The van der Waals surface area contributed by atoms with Gasteiger partial charge in [0, 0.05) is 0 Å². The number of hydrogen-bond donors (Lipinski definition) is 0. The van der Waals surface area contributed by atoms with Crippen LogP contribution in [0.15, 0.2) is 72.8 Å². The summed E-state index contributed by atoms with van der Waals surface area (Å²) in [6.07, 6.45) is 0.704. The number of benzene rings is 3. The number of ether oxygens (including phenoxy) is 2.